The lowest BCUT2D eigenvalue weighted by Gasteiger charge is -1.97. The molecule has 0 amide bonds. The summed E-state index contributed by atoms with van der Waals surface area (Å²) < 4.78 is 0. The van der Waals surface area contributed by atoms with E-state index in [1.807, 2.05) is 0 Å². The van der Waals surface area contributed by atoms with E-state index in [1.165, 1.54) is 6.08 Å². The van der Waals surface area contributed by atoms with Crippen molar-refractivity contribution in [2.45, 2.75) is 6.23 Å². The van der Waals surface area contributed by atoms with Gasteiger partial charge in [0.05, 0.1) is 0 Å². The van der Waals surface area contributed by atoms with Gasteiger partial charge >= 0.3 is 0 Å². The first-order chi connectivity index (χ1) is 2.81. The van der Waals surface area contributed by atoms with Crippen LogP contribution in [0.4, 0.5) is 0 Å². The fourth-order valence-electron chi connectivity index (χ4n) is 0.118. The first-order valence-electron chi connectivity index (χ1n) is 1.79. The molecule has 2 heteroatoms. The van der Waals surface area contributed by atoms with Gasteiger partial charge in [-0.1, -0.05) is 6.58 Å². The molecular weight excluding hydrogens is 78.0 g/mol. The number of likely N-dealkylation sites (N-methyl/N-ethyl adjacent to an activating group) is 1. The highest BCUT2D eigenvalue weighted by Gasteiger charge is 1.83. The maximum atomic E-state index is 8.44. The molecule has 0 spiro atoms. The van der Waals surface area contributed by atoms with Crippen molar-refractivity contribution < 1.29 is 5.11 Å². The lowest BCUT2D eigenvalue weighted by molar-refractivity contribution is 0.196. The molecule has 1 atom stereocenters. The molecule has 0 aliphatic heterocycles. The van der Waals surface area contributed by atoms with Crippen LogP contribution in [0.25, 0.3) is 0 Å². The fourth-order valence-corrected chi connectivity index (χ4v) is 0.118. The van der Waals surface area contributed by atoms with E-state index in [2.05, 4.69) is 11.9 Å². The van der Waals surface area contributed by atoms with E-state index in [1.54, 1.807) is 7.05 Å². The van der Waals surface area contributed by atoms with Crippen LogP contribution in [-0.4, -0.2) is 18.4 Å². The lowest BCUT2D eigenvalue weighted by Crippen LogP contribution is -2.20. The summed E-state index contributed by atoms with van der Waals surface area (Å²) in [7, 11) is 1.66. The molecule has 2 nitrogen and oxygen atoms in total. The van der Waals surface area contributed by atoms with Crippen molar-refractivity contribution in [2.75, 3.05) is 7.05 Å². The van der Waals surface area contributed by atoms with Gasteiger partial charge < -0.3 is 5.11 Å². The predicted molar refractivity (Wildman–Crippen MR) is 25.3 cm³/mol. The van der Waals surface area contributed by atoms with Gasteiger partial charge in [-0.05, 0) is 13.1 Å². The Morgan fingerprint density at radius 1 is 2.00 bits per heavy atom. The third-order valence-corrected chi connectivity index (χ3v) is 0.519. The van der Waals surface area contributed by atoms with Crippen molar-refractivity contribution in [1.29, 1.82) is 0 Å². The largest absolute Gasteiger partial charge is 0.375 e. The van der Waals surface area contributed by atoms with Crippen molar-refractivity contribution in [3.8, 4) is 0 Å². The van der Waals surface area contributed by atoms with E-state index in [4.69, 9.17) is 5.11 Å². The van der Waals surface area contributed by atoms with E-state index in [0.29, 0.717) is 0 Å². The predicted octanol–water partition coefficient (Wildman–Crippen LogP) is -0.290. The zero-order valence-corrected chi connectivity index (χ0v) is 3.81. The second-order valence-corrected chi connectivity index (χ2v) is 0.969. The summed E-state index contributed by atoms with van der Waals surface area (Å²) in [5, 5.41) is 11.0. The van der Waals surface area contributed by atoms with Crippen LogP contribution < -0.4 is 5.32 Å². The molecule has 0 aliphatic carbocycles. The highest BCUT2D eigenvalue weighted by atomic mass is 16.3. The molecule has 2 N–H and O–H groups in total. The van der Waals surface area contributed by atoms with E-state index >= 15 is 0 Å². The maximum Gasteiger partial charge on any atom is 0.123 e. The van der Waals surface area contributed by atoms with Crippen molar-refractivity contribution in [1.82, 2.24) is 5.32 Å². The number of rotatable bonds is 2. The molecule has 0 fully saturated rings. The van der Waals surface area contributed by atoms with Crippen LogP contribution in [0, 0.1) is 0 Å². The summed E-state index contributed by atoms with van der Waals surface area (Å²) in [6, 6.07) is 0. The van der Waals surface area contributed by atoms with Crippen molar-refractivity contribution >= 4 is 0 Å². The Kier molecular flexibility index (Phi) is 2.71. The molecule has 0 aromatic rings. The highest BCUT2D eigenvalue weighted by Crippen LogP contribution is 1.68. The summed E-state index contributed by atoms with van der Waals surface area (Å²) in [5.74, 6) is 0. The Morgan fingerprint density at radius 2 is 2.50 bits per heavy atom. The van der Waals surface area contributed by atoms with Crippen molar-refractivity contribution in [2.24, 2.45) is 0 Å². The molecule has 0 heterocycles. The van der Waals surface area contributed by atoms with Gasteiger partial charge in [0, 0.05) is 0 Å². The zero-order chi connectivity index (χ0) is 4.99. The van der Waals surface area contributed by atoms with Crippen LogP contribution >= 0.6 is 0 Å². The summed E-state index contributed by atoms with van der Waals surface area (Å²) in [4.78, 5) is 0. The number of hydrogen-bond acceptors (Lipinski definition) is 2. The molecule has 1 unspecified atom stereocenters. The van der Waals surface area contributed by atoms with E-state index < -0.39 is 6.23 Å². The minimum atomic E-state index is -0.551. The molecule has 0 aromatic heterocycles. The summed E-state index contributed by atoms with van der Waals surface area (Å²) in [5.41, 5.74) is 0. The topological polar surface area (TPSA) is 32.3 Å². The van der Waals surface area contributed by atoms with Crippen LogP contribution in [0.2, 0.25) is 0 Å². The molecule has 0 radical (unpaired) electrons. The van der Waals surface area contributed by atoms with Crippen LogP contribution in [-0.2, 0) is 0 Å². The third-order valence-electron chi connectivity index (χ3n) is 0.519. The SMILES string of the molecule is C=CC(O)NC. The average Bonchev–Trinajstić information content (AvgIpc) is 1.65. The summed E-state index contributed by atoms with van der Waals surface area (Å²) in [6.45, 7) is 3.32. The summed E-state index contributed by atoms with van der Waals surface area (Å²) in [6.07, 6.45) is 0.866. The number of aliphatic hydroxyl groups excluding tert-OH is 1. The third kappa shape index (κ3) is 1.93. The normalized spacial score (nSPS) is 13.7. The van der Waals surface area contributed by atoms with Crippen LogP contribution in [0.3, 0.4) is 0 Å². The minimum absolute atomic E-state index is 0.551. The van der Waals surface area contributed by atoms with Gasteiger partial charge in [-0.2, -0.15) is 0 Å². The molecule has 6 heavy (non-hydrogen) atoms. The number of aliphatic hydroxyl groups is 1. The summed E-state index contributed by atoms with van der Waals surface area (Å²) >= 11 is 0. The molecular formula is C4H9NO. The van der Waals surface area contributed by atoms with Gasteiger partial charge in [-0.15, -0.1) is 0 Å². The Balaban J connectivity index is 2.96. The highest BCUT2D eigenvalue weighted by molar-refractivity contribution is 4.73. The lowest BCUT2D eigenvalue weighted by atomic mass is 10.6. The molecule has 0 rings (SSSR count). The zero-order valence-electron chi connectivity index (χ0n) is 3.81. The van der Waals surface area contributed by atoms with Gasteiger partial charge in [0.15, 0.2) is 0 Å². The Hall–Kier alpha value is -0.340. The van der Waals surface area contributed by atoms with Crippen LogP contribution in [0.15, 0.2) is 12.7 Å². The van der Waals surface area contributed by atoms with E-state index in [9.17, 15) is 0 Å². The van der Waals surface area contributed by atoms with E-state index in [-0.39, 0.29) is 0 Å². The van der Waals surface area contributed by atoms with Crippen molar-refractivity contribution in [3.05, 3.63) is 12.7 Å². The van der Waals surface area contributed by atoms with E-state index in [0.717, 1.165) is 0 Å². The Labute approximate surface area is 37.5 Å². The maximum absolute atomic E-state index is 8.44. The molecule has 0 aliphatic rings. The van der Waals surface area contributed by atoms with Crippen molar-refractivity contribution in [3.63, 3.8) is 0 Å². The van der Waals surface area contributed by atoms with Crippen LogP contribution in [0.5, 0.6) is 0 Å². The van der Waals surface area contributed by atoms with Crippen LogP contribution in [0.1, 0.15) is 0 Å². The Morgan fingerprint density at radius 3 is 2.50 bits per heavy atom. The van der Waals surface area contributed by atoms with Gasteiger partial charge in [0.2, 0.25) is 0 Å². The molecule has 0 saturated heterocycles. The fraction of sp³-hybridized carbons (Fsp3) is 0.500. The minimum Gasteiger partial charge on any atom is -0.375 e. The smallest absolute Gasteiger partial charge is 0.123 e. The standard InChI is InChI=1S/C4H9NO/c1-3-4(6)5-2/h3-6H,1H2,2H3. The molecule has 36 valence electrons. The van der Waals surface area contributed by atoms with Gasteiger partial charge in [-0.25, -0.2) is 0 Å². The number of nitrogens with one attached hydrogen (secondary N) is 1. The first kappa shape index (κ1) is 5.66. The monoisotopic (exact) mass is 87.1 g/mol. The molecule has 0 saturated carbocycles. The van der Waals surface area contributed by atoms with Gasteiger partial charge in [0.1, 0.15) is 6.23 Å². The quantitative estimate of drug-likeness (QED) is 0.358. The average molecular weight is 87.1 g/mol. The van der Waals surface area contributed by atoms with Gasteiger partial charge in [0.25, 0.3) is 0 Å². The molecule has 0 aromatic carbocycles. The Bertz CT molecular complexity index is 44.8. The number of hydrogen-bond donors (Lipinski definition) is 2. The second-order valence-electron chi connectivity index (χ2n) is 0.969. The van der Waals surface area contributed by atoms with Gasteiger partial charge in [-0.3, -0.25) is 5.32 Å². The second kappa shape index (κ2) is 2.87. The molecule has 0 bridgehead atoms. The first-order valence-corrected chi connectivity index (χ1v) is 1.79.